The van der Waals surface area contributed by atoms with E-state index in [9.17, 15) is 22.4 Å². The zero-order valence-corrected chi connectivity index (χ0v) is 17.0. The monoisotopic (exact) mass is 422 g/mol. The van der Waals surface area contributed by atoms with Crippen LogP contribution in [-0.4, -0.2) is 42.2 Å². The van der Waals surface area contributed by atoms with Gasteiger partial charge in [-0.25, -0.2) is 12.8 Å². The smallest absolute Gasteiger partial charge is 0.265 e. The van der Waals surface area contributed by atoms with Gasteiger partial charge in [0, 0.05) is 37.9 Å². The molecule has 0 bridgehead atoms. The van der Waals surface area contributed by atoms with Crippen LogP contribution in [0.2, 0.25) is 0 Å². The number of anilines is 1. The van der Waals surface area contributed by atoms with E-state index in [1.807, 2.05) is 0 Å². The number of nitrogens with one attached hydrogen (secondary N) is 1. The van der Waals surface area contributed by atoms with Crippen LogP contribution in [0.4, 0.5) is 10.1 Å². The zero-order valence-electron chi connectivity index (χ0n) is 16.2. The predicted octanol–water partition coefficient (Wildman–Crippen LogP) is 1.61. The average molecular weight is 422 g/mol. The molecule has 1 aromatic carbocycles. The summed E-state index contributed by atoms with van der Waals surface area (Å²) in [6.07, 6.45) is 2.03. The lowest BCUT2D eigenvalue weighted by Gasteiger charge is -2.30. The van der Waals surface area contributed by atoms with Gasteiger partial charge in [-0.2, -0.15) is 4.31 Å². The van der Waals surface area contributed by atoms with Gasteiger partial charge in [-0.15, -0.1) is 0 Å². The van der Waals surface area contributed by atoms with Crippen LogP contribution >= 0.6 is 0 Å². The van der Waals surface area contributed by atoms with Crippen molar-refractivity contribution in [3.8, 4) is 0 Å². The Morgan fingerprint density at radius 2 is 1.86 bits per heavy atom. The molecule has 8 nitrogen and oxygen atoms in total. The number of carbonyl (C=O) groups is 2. The van der Waals surface area contributed by atoms with Gasteiger partial charge >= 0.3 is 0 Å². The van der Waals surface area contributed by atoms with Crippen LogP contribution in [-0.2, 0) is 21.9 Å². The van der Waals surface area contributed by atoms with Crippen molar-refractivity contribution in [3.63, 3.8) is 0 Å². The first-order valence-electron chi connectivity index (χ1n) is 9.13. The lowest BCUT2D eigenvalue weighted by atomic mass is 9.97. The molecule has 2 amide bonds. The summed E-state index contributed by atoms with van der Waals surface area (Å²) in [4.78, 5) is 23.8. The summed E-state index contributed by atoms with van der Waals surface area (Å²) >= 11 is 0. The number of primary amides is 1. The van der Waals surface area contributed by atoms with Gasteiger partial charge in [-0.1, -0.05) is 6.07 Å². The number of hydrogen-bond acceptors (Lipinski definition) is 4. The van der Waals surface area contributed by atoms with Gasteiger partial charge < -0.3 is 15.6 Å². The molecule has 0 radical (unpaired) electrons. The minimum Gasteiger partial charge on any atom is -0.364 e. The van der Waals surface area contributed by atoms with Crippen LogP contribution in [0, 0.1) is 18.7 Å². The summed E-state index contributed by atoms with van der Waals surface area (Å²) in [6.45, 7) is 1.98. The van der Waals surface area contributed by atoms with Crippen LogP contribution < -0.4 is 11.1 Å². The Kier molecular flexibility index (Phi) is 5.76. The average Bonchev–Trinajstić information content (AvgIpc) is 3.07. The number of nitrogens with two attached hydrogens (primary N) is 1. The SMILES string of the molecule is Cc1ccc(NC(=O)C2CCN(S(=O)(=O)c3cc(C(N)=O)n(C)c3)CC2)cc1F. The van der Waals surface area contributed by atoms with Gasteiger partial charge in [-0.3, -0.25) is 9.59 Å². The van der Waals surface area contributed by atoms with Gasteiger partial charge in [0.15, 0.2) is 0 Å². The maximum absolute atomic E-state index is 13.6. The number of piperidine rings is 1. The summed E-state index contributed by atoms with van der Waals surface area (Å²) in [5.74, 6) is -1.75. The molecule has 0 atom stereocenters. The Morgan fingerprint density at radius 3 is 2.41 bits per heavy atom. The number of carbonyl (C=O) groups excluding carboxylic acids is 2. The standard InChI is InChI=1S/C19H23FN4O4S/c1-12-3-4-14(9-16(12)20)22-19(26)13-5-7-24(8-6-13)29(27,28)15-10-17(18(21)25)23(2)11-15/h3-4,9-11,13H,5-8H2,1-2H3,(H2,21,25)(H,22,26). The summed E-state index contributed by atoms with van der Waals surface area (Å²) in [5, 5.41) is 2.69. The summed E-state index contributed by atoms with van der Waals surface area (Å²) in [7, 11) is -2.25. The number of aryl methyl sites for hydroxylation is 2. The molecule has 0 unspecified atom stereocenters. The number of sulfonamides is 1. The number of aromatic nitrogens is 1. The first-order valence-corrected chi connectivity index (χ1v) is 10.6. The number of rotatable bonds is 5. The molecule has 0 aliphatic carbocycles. The molecule has 1 aliphatic rings. The summed E-state index contributed by atoms with van der Waals surface area (Å²) in [5.41, 5.74) is 6.21. The lowest BCUT2D eigenvalue weighted by Crippen LogP contribution is -2.41. The quantitative estimate of drug-likeness (QED) is 0.762. The van der Waals surface area contributed by atoms with E-state index in [4.69, 9.17) is 5.73 Å². The van der Waals surface area contributed by atoms with Gasteiger partial charge in [-0.05, 0) is 43.5 Å². The van der Waals surface area contributed by atoms with Crippen molar-refractivity contribution in [2.75, 3.05) is 18.4 Å². The molecule has 10 heteroatoms. The first kappa shape index (κ1) is 21.0. The van der Waals surface area contributed by atoms with Crippen molar-refractivity contribution in [2.45, 2.75) is 24.7 Å². The highest BCUT2D eigenvalue weighted by Gasteiger charge is 2.33. The van der Waals surface area contributed by atoms with Crippen LogP contribution in [0.3, 0.4) is 0 Å². The van der Waals surface area contributed by atoms with Crippen LogP contribution in [0.15, 0.2) is 35.4 Å². The minimum atomic E-state index is -3.79. The number of benzene rings is 1. The summed E-state index contributed by atoms with van der Waals surface area (Å²) in [6, 6.07) is 5.73. The van der Waals surface area contributed by atoms with Crippen molar-refractivity contribution in [3.05, 3.63) is 47.5 Å². The highest BCUT2D eigenvalue weighted by molar-refractivity contribution is 7.89. The molecule has 156 valence electrons. The molecule has 3 N–H and O–H groups in total. The second-order valence-corrected chi connectivity index (χ2v) is 9.11. The second kappa shape index (κ2) is 7.96. The Hall–Kier alpha value is -2.72. The third-order valence-electron chi connectivity index (χ3n) is 5.13. The topological polar surface area (TPSA) is 114 Å². The molecule has 3 rings (SSSR count). The Bertz CT molecular complexity index is 1060. The van der Waals surface area contributed by atoms with E-state index in [0.717, 1.165) is 0 Å². The van der Waals surface area contributed by atoms with Crippen molar-refractivity contribution in [2.24, 2.45) is 18.7 Å². The Labute approximate surface area is 168 Å². The predicted molar refractivity (Wildman–Crippen MR) is 105 cm³/mol. The molecule has 1 saturated heterocycles. The Morgan fingerprint density at radius 1 is 1.21 bits per heavy atom. The molecule has 1 fully saturated rings. The van der Waals surface area contributed by atoms with E-state index in [2.05, 4.69) is 5.32 Å². The molecular weight excluding hydrogens is 399 g/mol. The Balaban J connectivity index is 1.64. The van der Waals surface area contributed by atoms with Gasteiger partial charge in [0.25, 0.3) is 5.91 Å². The second-order valence-electron chi connectivity index (χ2n) is 7.17. The van der Waals surface area contributed by atoms with Crippen LogP contribution in [0.5, 0.6) is 0 Å². The number of halogens is 1. The first-order chi connectivity index (χ1) is 13.6. The molecule has 1 aromatic heterocycles. The number of hydrogen-bond donors (Lipinski definition) is 2. The molecule has 2 aromatic rings. The van der Waals surface area contributed by atoms with E-state index in [-0.39, 0.29) is 35.5 Å². The van der Waals surface area contributed by atoms with Crippen LogP contribution in [0.1, 0.15) is 28.9 Å². The van der Waals surface area contributed by atoms with E-state index in [0.29, 0.717) is 24.1 Å². The van der Waals surface area contributed by atoms with E-state index < -0.39 is 21.7 Å². The molecule has 0 saturated carbocycles. The van der Waals surface area contributed by atoms with Crippen molar-refractivity contribution in [1.29, 1.82) is 0 Å². The van der Waals surface area contributed by atoms with E-state index >= 15 is 0 Å². The number of nitrogens with zero attached hydrogens (tertiary/aromatic N) is 2. The molecule has 1 aliphatic heterocycles. The normalized spacial score (nSPS) is 16.0. The van der Waals surface area contributed by atoms with E-state index in [1.165, 1.54) is 27.2 Å². The molecule has 2 heterocycles. The van der Waals surface area contributed by atoms with Gasteiger partial charge in [0.1, 0.15) is 16.4 Å². The largest absolute Gasteiger partial charge is 0.364 e. The van der Waals surface area contributed by atoms with E-state index in [1.54, 1.807) is 26.1 Å². The molecule has 29 heavy (non-hydrogen) atoms. The lowest BCUT2D eigenvalue weighted by molar-refractivity contribution is -0.120. The highest BCUT2D eigenvalue weighted by atomic mass is 32.2. The van der Waals surface area contributed by atoms with Crippen LogP contribution in [0.25, 0.3) is 0 Å². The fraction of sp³-hybridized carbons (Fsp3) is 0.368. The minimum absolute atomic E-state index is 0.00756. The maximum Gasteiger partial charge on any atom is 0.265 e. The van der Waals surface area contributed by atoms with Crippen molar-refractivity contribution in [1.82, 2.24) is 8.87 Å². The fourth-order valence-electron chi connectivity index (χ4n) is 3.34. The fourth-order valence-corrected chi connectivity index (χ4v) is 4.88. The maximum atomic E-state index is 13.6. The highest BCUT2D eigenvalue weighted by Crippen LogP contribution is 2.26. The molecular formula is C19H23FN4O4S. The molecule has 0 spiro atoms. The van der Waals surface area contributed by atoms with Crippen molar-refractivity contribution < 1.29 is 22.4 Å². The zero-order chi connectivity index (χ0) is 21.3. The van der Waals surface area contributed by atoms with Gasteiger partial charge in [0.05, 0.1) is 0 Å². The van der Waals surface area contributed by atoms with Gasteiger partial charge in [0.2, 0.25) is 15.9 Å². The number of amides is 2. The summed E-state index contributed by atoms with van der Waals surface area (Å²) < 4.78 is 42.0. The van der Waals surface area contributed by atoms with Crippen molar-refractivity contribution >= 4 is 27.5 Å². The third kappa shape index (κ3) is 4.33. The third-order valence-corrected chi connectivity index (χ3v) is 7.00.